The second-order valence-electron chi connectivity index (χ2n) is 5.17. The number of hydrogen-bond donors (Lipinski definition) is 0. The van der Waals surface area contributed by atoms with Gasteiger partial charge in [0.2, 0.25) is 0 Å². The van der Waals surface area contributed by atoms with Crippen LogP contribution in [0.2, 0.25) is 0 Å². The van der Waals surface area contributed by atoms with Crippen LogP contribution in [0.1, 0.15) is 61.9 Å². The third kappa shape index (κ3) is 7.28. The van der Waals surface area contributed by atoms with Gasteiger partial charge >= 0.3 is 5.97 Å². The van der Waals surface area contributed by atoms with Gasteiger partial charge < -0.3 is 9.47 Å². The zero-order valence-corrected chi connectivity index (χ0v) is 13.4. The minimum atomic E-state index is -0.251. The monoisotopic (exact) mass is 292 g/mol. The summed E-state index contributed by atoms with van der Waals surface area (Å²) < 4.78 is 10.7. The maximum atomic E-state index is 12.0. The second-order valence-corrected chi connectivity index (χ2v) is 5.17. The Morgan fingerprint density at radius 3 is 2.48 bits per heavy atom. The molecule has 1 aromatic rings. The van der Waals surface area contributed by atoms with E-state index in [9.17, 15) is 4.79 Å². The zero-order chi connectivity index (χ0) is 15.3. The molecule has 0 fully saturated rings. The molecule has 0 aromatic heterocycles. The lowest BCUT2D eigenvalue weighted by Crippen LogP contribution is -2.12. The minimum absolute atomic E-state index is 0.251. The van der Waals surface area contributed by atoms with E-state index in [1.54, 1.807) is 0 Å². The van der Waals surface area contributed by atoms with Crippen LogP contribution in [0.25, 0.3) is 0 Å². The standard InChI is InChI=1S/C18H28O3/c1-3-5-6-7-10-13-20-14-15-21-18(19)17-12-9-8-11-16(17)4-2/h8-9,11-12H,3-7,10,13-15H2,1-2H3. The number of rotatable bonds is 11. The molecular formula is C18H28O3. The van der Waals surface area contributed by atoms with Gasteiger partial charge in [0.1, 0.15) is 6.61 Å². The molecule has 0 saturated heterocycles. The summed E-state index contributed by atoms with van der Waals surface area (Å²) in [6.07, 6.45) is 6.98. The van der Waals surface area contributed by atoms with E-state index in [1.807, 2.05) is 31.2 Å². The van der Waals surface area contributed by atoms with Gasteiger partial charge in [0.15, 0.2) is 0 Å². The second kappa shape index (κ2) is 11.3. The maximum Gasteiger partial charge on any atom is 0.338 e. The van der Waals surface area contributed by atoms with Crippen LogP contribution >= 0.6 is 0 Å². The molecule has 0 bridgehead atoms. The van der Waals surface area contributed by atoms with Gasteiger partial charge in [-0.15, -0.1) is 0 Å². The molecule has 0 amide bonds. The molecule has 1 rings (SSSR count). The Labute approximate surface area is 128 Å². The van der Waals surface area contributed by atoms with Crippen molar-refractivity contribution in [3.05, 3.63) is 35.4 Å². The first-order valence-corrected chi connectivity index (χ1v) is 8.12. The molecule has 0 aliphatic rings. The SMILES string of the molecule is CCCCCCCOCCOC(=O)c1ccccc1CC. The van der Waals surface area contributed by atoms with Gasteiger partial charge in [-0.3, -0.25) is 0 Å². The number of esters is 1. The molecule has 0 aliphatic heterocycles. The largest absolute Gasteiger partial charge is 0.460 e. The first kappa shape index (κ1) is 17.7. The summed E-state index contributed by atoms with van der Waals surface area (Å²) >= 11 is 0. The Morgan fingerprint density at radius 2 is 1.71 bits per heavy atom. The van der Waals surface area contributed by atoms with E-state index < -0.39 is 0 Å². The van der Waals surface area contributed by atoms with Crippen LogP contribution in [0.15, 0.2) is 24.3 Å². The Hall–Kier alpha value is -1.35. The van der Waals surface area contributed by atoms with Crippen molar-refractivity contribution in [1.29, 1.82) is 0 Å². The van der Waals surface area contributed by atoms with Crippen LogP contribution in [0.3, 0.4) is 0 Å². The van der Waals surface area contributed by atoms with Gasteiger partial charge in [-0.25, -0.2) is 4.79 Å². The van der Waals surface area contributed by atoms with E-state index in [1.165, 1.54) is 25.7 Å². The van der Waals surface area contributed by atoms with Gasteiger partial charge in [0, 0.05) is 6.61 Å². The van der Waals surface area contributed by atoms with Crippen molar-refractivity contribution in [2.45, 2.75) is 52.4 Å². The van der Waals surface area contributed by atoms with E-state index in [0.717, 1.165) is 25.0 Å². The first-order valence-electron chi connectivity index (χ1n) is 8.12. The molecule has 0 heterocycles. The summed E-state index contributed by atoms with van der Waals surface area (Å²) in [6.45, 7) is 5.81. The van der Waals surface area contributed by atoms with Crippen molar-refractivity contribution in [3.8, 4) is 0 Å². The molecule has 3 nitrogen and oxygen atoms in total. The number of aryl methyl sites for hydroxylation is 1. The molecule has 1 aromatic carbocycles. The molecule has 0 saturated carbocycles. The van der Waals surface area contributed by atoms with Crippen molar-refractivity contribution in [2.24, 2.45) is 0 Å². The van der Waals surface area contributed by atoms with Gasteiger partial charge in [-0.2, -0.15) is 0 Å². The molecule has 0 aliphatic carbocycles. The van der Waals surface area contributed by atoms with Gasteiger partial charge in [0.05, 0.1) is 12.2 Å². The summed E-state index contributed by atoms with van der Waals surface area (Å²) in [6, 6.07) is 7.58. The summed E-state index contributed by atoms with van der Waals surface area (Å²) in [5.74, 6) is -0.251. The van der Waals surface area contributed by atoms with Crippen molar-refractivity contribution in [1.82, 2.24) is 0 Å². The van der Waals surface area contributed by atoms with E-state index in [4.69, 9.17) is 9.47 Å². The van der Waals surface area contributed by atoms with E-state index >= 15 is 0 Å². The highest BCUT2D eigenvalue weighted by atomic mass is 16.6. The topological polar surface area (TPSA) is 35.5 Å². The molecule has 21 heavy (non-hydrogen) atoms. The summed E-state index contributed by atoms with van der Waals surface area (Å²) in [5.41, 5.74) is 1.69. The zero-order valence-electron chi connectivity index (χ0n) is 13.4. The van der Waals surface area contributed by atoms with E-state index in [-0.39, 0.29) is 5.97 Å². The van der Waals surface area contributed by atoms with Crippen molar-refractivity contribution < 1.29 is 14.3 Å². The third-order valence-corrected chi connectivity index (χ3v) is 3.47. The van der Waals surface area contributed by atoms with Crippen LogP contribution in [-0.4, -0.2) is 25.8 Å². The van der Waals surface area contributed by atoms with Crippen molar-refractivity contribution >= 4 is 5.97 Å². The fourth-order valence-electron chi connectivity index (χ4n) is 2.21. The quantitative estimate of drug-likeness (QED) is 0.448. The summed E-state index contributed by atoms with van der Waals surface area (Å²) in [4.78, 5) is 12.0. The minimum Gasteiger partial charge on any atom is -0.460 e. The fourth-order valence-corrected chi connectivity index (χ4v) is 2.21. The number of carbonyl (C=O) groups is 1. The van der Waals surface area contributed by atoms with Crippen molar-refractivity contribution in [2.75, 3.05) is 19.8 Å². The molecule has 0 radical (unpaired) electrons. The van der Waals surface area contributed by atoms with Crippen LogP contribution in [0.5, 0.6) is 0 Å². The molecule has 0 unspecified atom stereocenters. The molecule has 0 spiro atoms. The average molecular weight is 292 g/mol. The lowest BCUT2D eigenvalue weighted by atomic mass is 10.1. The van der Waals surface area contributed by atoms with Gasteiger partial charge in [0.25, 0.3) is 0 Å². The number of carbonyl (C=O) groups excluding carboxylic acids is 1. The average Bonchev–Trinajstić information content (AvgIpc) is 2.53. The Bertz CT molecular complexity index is 401. The number of benzene rings is 1. The van der Waals surface area contributed by atoms with Crippen molar-refractivity contribution in [3.63, 3.8) is 0 Å². The Morgan fingerprint density at radius 1 is 0.952 bits per heavy atom. The predicted octanol–water partition coefficient (Wildman–Crippen LogP) is 4.39. The normalized spacial score (nSPS) is 10.6. The molecular weight excluding hydrogens is 264 g/mol. The molecule has 3 heteroatoms. The third-order valence-electron chi connectivity index (χ3n) is 3.47. The van der Waals surface area contributed by atoms with Crippen LogP contribution in [0.4, 0.5) is 0 Å². The molecule has 0 N–H and O–H groups in total. The van der Waals surface area contributed by atoms with E-state index in [2.05, 4.69) is 6.92 Å². The van der Waals surface area contributed by atoms with E-state index in [0.29, 0.717) is 18.8 Å². The maximum absolute atomic E-state index is 12.0. The molecule has 118 valence electrons. The summed E-state index contributed by atoms with van der Waals surface area (Å²) in [5, 5.41) is 0. The highest BCUT2D eigenvalue weighted by Crippen LogP contribution is 2.10. The summed E-state index contributed by atoms with van der Waals surface area (Å²) in [7, 11) is 0. The number of unbranched alkanes of at least 4 members (excludes halogenated alkanes) is 4. The fraction of sp³-hybridized carbons (Fsp3) is 0.611. The Kier molecular flexibility index (Phi) is 9.55. The van der Waals surface area contributed by atoms with Crippen LogP contribution in [-0.2, 0) is 15.9 Å². The first-order chi connectivity index (χ1) is 10.3. The lowest BCUT2D eigenvalue weighted by Gasteiger charge is -2.08. The van der Waals surface area contributed by atoms with Crippen LogP contribution in [0, 0.1) is 0 Å². The van der Waals surface area contributed by atoms with Crippen LogP contribution < -0.4 is 0 Å². The highest BCUT2D eigenvalue weighted by molar-refractivity contribution is 5.91. The number of hydrogen-bond acceptors (Lipinski definition) is 3. The number of ether oxygens (including phenoxy) is 2. The predicted molar refractivity (Wildman–Crippen MR) is 85.7 cm³/mol. The smallest absolute Gasteiger partial charge is 0.338 e. The lowest BCUT2D eigenvalue weighted by molar-refractivity contribution is 0.0311. The van der Waals surface area contributed by atoms with Gasteiger partial charge in [-0.1, -0.05) is 57.7 Å². The Balaban J connectivity index is 2.11. The highest BCUT2D eigenvalue weighted by Gasteiger charge is 2.10. The van der Waals surface area contributed by atoms with Gasteiger partial charge in [-0.05, 0) is 24.5 Å². The molecule has 0 atom stereocenters.